The molecule has 26 heavy (non-hydrogen) atoms. The van der Waals surface area contributed by atoms with Crippen LogP contribution >= 0.6 is 0 Å². The van der Waals surface area contributed by atoms with Crippen LogP contribution in [0.4, 0.5) is 0 Å². The lowest BCUT2D eigenvalue weighted by atomic mass is 10.3. The van der Waals surface area contributed by atoms with E-state index in [2.05, 4.69) is 5.32 Å². The number of imidazole rings is 1. The number of nitrogens with one attached hydrogen (secondary N) is 1. The number of hydrogen-bond donors (Lipinski definition) is 1. The predicted molar refractivity (Wildman–Crippen MR) is 99.9 cm³/mol. The fourth-order valence-electron chi connectivity index (χ4n) is 3.53. The van der Waals surface area contributed by atoms with Gasteiger partial charge < -0.3 is 10.2 Å². The van der Waals surface area contributed by atoms with Gasteiger partial charge in [-0.05, 0) is 31.9 Å². The molecule has 1 saturated heterocycles. The Morgan fingerprint density at radius 2 is 1.69 bits per heavy atom. The minimum absolute atomic E-state index is 0.0919. The molecule has 1 aliphatic heterocycles. The number of amides is 2. The Balaban J connectivity index is 1.53. The van der Waals surface area contributed by atoms with Crippen molar-refractivity contribution in [3.05, 3.63) is 34.7 Å². The summed E-state index contributed by atoms with van der Waals surface area (Å²) >= 11 is 0. The topological polar surface area (TPSA) is 76.3 Å². The number of likely N-dealkylation sites (tertiary alicyclic amines) is 1. The second-order valence-corrected chi connectivity index (χ2v) is 6.61. The third-order valence-corrected chi connectivity index (χ3v) is 4.92. The van der Waals surface area contributed by atoms with E-state index in [9.17, 15) is 14.4 Å². The molecule has 0 spiro atoms. The lowest BCUT2D eigenvalue weighted by Crippen LogP contribution is -2.33. The third kappa shape index (κ3) is 3.81. The summed E-state index contributed by atoms with van der Waals surface area (Å²) in [5.74, 6) is -0.0375. The van der Waals surface area contributed by atoms with Crippen LogP contribution in [0.5, 0.6) is 0 Å². The van der Waals surface area contributed by atoms with E-state index >= 15 is 0 Å². The summed E-state index contributed by atoms with van der Waals surface area (Å²) in [6.07, 6.45) is 2.69. The number of aryl methyl sites for hydroxylation is 2. The predicted octanol–water partition coefficient (Wildman–Crippen LogP) is 1.34. The minimum atomic E-state index is -0.139. The van der Waals surface area contributed by atoms with Crippen LogP contribution in [0.3, 0.4) is 0 Å². The number of benzene rings is 1. The summed E-state index contributed by atoms with van der Waals surface area (Å²) in [6.45, 7) is 4.87. The molecule has 7 heteroatoms. The van der Waals surface area contributed by atoms with Crippen LogP contribution < -0.4 is 11.0 Å². The molecule has 0 unspecified atom stereocenters. The van der Waals surface area contributed by atoms with Gasteiger partial charge in [0.05, 0.1) is 11.0 Å². The van der Waals surface area contributed by atoms with E-state index in [1.54, 1.807) is 9.13 Å². The number of para-hydroxylation sites is 2. The Bertz CT molecular complexity index is 846. The van der Waals surface area contributed by atoms with Crippen molar-refractivity contribution >= 4 is 22.8 Å². The molecule has 1 aromatic heterocycles. The molecular weight excluding hydrogens is 332 g/mol. The van der Waals surface area contributed by atoms with Crippen molar-refractivity contribution in [1.29, 1.82) is 0 Å². The second-order valence-electron chi connectivity index (χ2n) is 6.61. The summed E-state index contributed by atoms with van der Waals surface area (Å²) in [7, 11) is 0. The monoisotopic (exact) mass is 358 g/mol. The molecule has 0 atom stereocenters. The SMILES string of the molecule is CCn1c(=O)n(CCC(=O)NCCC(=O)N2CCCC2)c2ccccc21. The highest BCUT2D eigenvalue weighted by atomic mass is 16.2. The average Bonchev–Trinajstić information content (AvgIpc) is 3.26. The molecule has 7 nitrogen and oxygen atoms in total. The van der Waals surface area contributed by atoms with E-state index in [1.807, 2.05) is 36.1 Å². The Morgan fingerprint density at radius 1 is 1.04 bits per heavy atom. The molecule has 0 saturated carbocycles. The van der Waals surface area contributed by atoms with Gasteiger partial charge in [-0.3, -0.25) is 18.7 Å². The van der Waals surface area contributed by atoms with Crippen molar-refractivity contribution in [1.82, 2.24) is 19.4 Å². The van der Waals surface area contributed by atoms with Crippen molar-refractivity contribution in [2.45, 2.75) is 45.7 Å². The quantitative estimate of drug-likeness (QED) is 0.811. The molecule has 1 N–H and O–H groups in total. The zero-order chi connectivity index (χ0) is 18.5. The lowest BCUT2D eigenvalue weighted by Gasteiger charge is -2.15. The number of aromatic nitrogens is 2. The van der Waals surface area contributed by atoms with Crippen LogP contribution in [0.1, 0.15) is 32.6 Å². The molecule has 1 aliphatic rings. The molecule has 0 aliphatic carbocycles. The Morgan fingerprint density at radius 3 is 2.35 bits per heavy atom. The first-order valence-electron chi connectivity index (χ1n) is 9.34. The van der Waals surface area contributed by atoms with Gasteiger partial charge in [0.15, 0.2) is 0 Å². The molecule has 2 heterocycles. The zero-order valence-corrected chi connectivity index (χ0v) is 15.2. The van der Waals surface area contributed by atoms with Crippen LogP contribution in [-0.4, -0.2) is 45.5 Å². The van der Waals surface area contributed by atoms with Gasteiger partial charge in [-0.25, -0.2) is 4.79 Å². The molecule has 2 amide bonds. The first-order chi connectivity index (χ1) is 12.6. The molecule has 2 aromatic rings. The van der Waals surface area contributed by atoms with E-state index in [1.165, 1.54) is 0 Å². The van der Waals surface area contributed by atoms with Crippen molar-refractivity contribution in [2.75, 3.05) is 19.6 Å². The standard InChI is InChI=1S/C19H26N4O3/c1-2-22-15-7-3-4-8-16(15)23(19(22)26)14-10-17(24)20-11-9-18(25)21-12-5-6-13-21/h3-4,7-8H,2,5-6,9-14H2,1H3,(H,20,24). The van der Waals surface area contributed by atoms with Crippen LogP contribution in [-0.2, 0) is 22.7 Å². The Kier molecular flexibility index (Phi) is 5.75. The van der Waals surface area contributed by atoms with Crippen molar-refractivity contribution in [3.63, 3.8) is 0 Å². The third-order valence-electron chi connectivity index (χ3n) is 4.92. The van der Waals surface area contributed by atoms with Crippen LogP contribution in [0, 0.1) is 0 Å². The number of fused-ring (bicyclic) bond motifs is 1. The highest BCUT2D eigenvalue weighted by Gasteiger charge is 2.17. The summed E-state index contributed by atoms with van der Waals surface area (Å²) in [5.41, 5.74) is 1.64. The van der Waals surface area contributed by atoms with E-state index in [-0.39, 0.29) is 23.9 Å². The number of carbonyl (C=O) groups is 2. The number of carbonyl (C=O) groups excluding carboxylic acids is 2. The van der Waals surface area contributed by atoms with Crippen molar-refractivity contribution in [2.24, 2.45) is 0 Å². The average molecular weight is 358 g/mol. The zero-order valence-electron chi connectivity index (χ0n) is 15.2. The summed E-state index contributed by atoms with van der Waals surface area (Å²) in [4.78, 5) is 38.4. The highest BCUT2D eigenvalue weighted by molar-refractivity contribution is 5.79. The largest absolute Gasteiger partial charge is 0.356 e. The van der Waals surface area contributed by atoms with Gasteiger partial charge in [0.1, 0.15) is 0 Å². The number of nitrogens with zero attached hydrogens (tertiary/aromatic N) is 3. The van der Waals surface area contributed by atoms with Crippen LogP contribution in [0.15, 0.2) is 29.1 Å². The van der Waals surface area contributed by atoms with Gasteiger partial charge in [-0.1, -0.05) is 12.1 Å². The van der Waals surface area contributed by atoms with Gasteiger partial charge in [0.2, 0.25) is 11.8 Å². The molecule has 0 radical (unpaired) electrons. The minimum Gasteiger partial charge on any atom is -0.356 e. The Hall–Kier alpha value is -2.57. The molecule has 140 valence electrons. The highest BCUT2D eigenvalue weighted by Crippen LogP contribution is 2.13. The van der Waals surface area contributed by atoms with Gasteiger partial charge in [-0.15, -0.1) is 0 Å². The molecule has 1 aromatic carbocycles. The van der Waals surface area contributed by atoms with Crippen LogP contribution in [0.25, 0.3) is 11.0 Å². The maximum Gasteiger partial charge on any atom is 0.329 e. The molecule has 3 rings (SSSR count). The normalized spacial score (nSPS) is 14.1. The summed E-state index contributed by atoms with van der Waals surface area (Å²) in [5, 5.41) is 2.79. The van der Waals surface area contributed by atoms with E-state index < -0.39 is 0 Å². The molecular formula is C19H26N4O3. The van der Waals surface area contributed by atoms with Gasteiger partial charge in [0.25, 0.3) is 0 Å². The smallest absolute Gasteiger partial charge is 0.329 e. The van der Waals surface area contributed by atoms with Crippen molar-refractivity contribution in [3.8, 4) is 0 Å². The Labute approximate surface area is 152 Å². The van der Waals surface area contributed by atoms with E-state index in [0.717, 1.165) is 37.0 Å². The number of rotatable bonds is 7. The first kappa shape index (κ1) is 18.2. The van der Waals surface area contributed by atoms with Gasteiger partial charge in [-0.2, -0.15) is 0 Å². The first-order valence-corrected chi connectivity index (χ1v) is 9.34. The maximum absolute atomic E-state index is 12.5. The fourth-order valence-corrected chi connectivity index (χ4v) is 3.53. The van der Waals surface area contributed by atoms with Gasteiger partial charge >= 0.3 is 5.69 Å². The van der Waals surface area contributed by atoms with Crippen LogP contribution in [0.2, 0.25) is 0 Å². The van der Waals surface area contributed by atoms with E-state index in [0.29, 0.717) is 26.1 Å². The number of hydrogen-bond acceptors (Lipinski definition) is 3. The summed E-state index contributed by atoms with van der Waals surface area (Å²) < 4.78 is 3.36. The second kappa shape index (κ2) is 8.21. The fraction of sp³-hybridized carbons (Fsp3) is 0.526. The van der Waals surface area contributed by atoms with Crippen molar-refractivity contribution < 1.29 is 9.59 Å². The van der Waals surface area contributed by atoms with Gasteiger partial charge in [0, 0.05) is 45.6 Å². The lowest BCUT2D eigenvalue weighted by molar-refractivity contribution is -0.130. The maximum atomic E-state index is 12.5. The molecule has 1 fully saturated rings. The molecule has 0 bridgehead atoms. The van der Waals surface area contributed by atoms with E-state index in [4.69, 9.17) is 0 Å². The summed E-state index contributed by atoms with van der Waals surface area (Å²) in [6, 6.07) is 7.61.